The van der Waals surface area contributed by atoms with Crippen LogP contribution in [0.15, 0.2) is 11.0 Å². The molecule has 0 aliphatic heterocycles. The van der Waals surface area contributed by atoms with Crippen molar-refractivity contribution in [3.8, 4) is 0 Å². The van der Waals surface area contributed by atoms with Crippen LogP contribution in [0.4, 0.5) is 5.69 Å². The maximum atomic E-state index is 11.1. The Bertz CT molecular complexity index is 413. The van der Waals surface area contributed by atoms with Gasteiger partial charge in [0.05, 0.1) is 11.9 Å². The standard InChI is InChI=1S/C9H12ClN3O/c1-9(2)3-6(9)12-5-4-11-13-8(14)7(5)10/h4,6H,3H2,1-2H3,(H2,12,13,14). The molecule has 2 N–H and O–H groups in total. The molecule has 0 spiro atoms. The van der Waals surface area contributed by atoms with E-state index in [9.17, 15) is 4.79 Å². The minimum absolute atomic E-state index is 0.183. The maximum absolute atomic E-state index is 11.1. The van der Waals surface area contributed by atoms with E-state index < -0.39 is 0 Å². The topological polar surface area (TPSA) is 57.8 Å². The van der Waals surface area contributed by atoms with Crippen LogP contribution in [0.25, 0.3) is 0 Å². The molecular formula is C9H12ClN3O. The lowest BCUT2D eigenvalue weighted by Crippen LogP contribution is -2.15. The van der Waals surface area contributed by atoms with Crippen molar-refractivity contribution in [1.82, 2.24) is 10.2 Å². The first-order chi connectivity index (χ1) is 6.50. The third-order valence-electron chi connectivity index (χ3n) is 2.64. The summed E-state index contributed by atoms with van der Waals surface area (Å²) in [4.78, 5) is 11.1. The number of hydrogen-bond acceptors (Lipinski definition) is 3. The van der Waals surface area contributed by atoms with Gasteiger partial charge in [0.2, 0.25) is 0 Å². The van der Waals surface area contributed by atoms with E-state index in [1.54, 1.807) is 0 Å². The maximum Gasteiger partial charge on any atom is 0.285 e. The lowest BCUT2D eigenvalue weighted by Gasteiger charge is -2.08. The van der Waals surface area contributed by atoms with E-state index in [1.165, 1.54) is 6.20 Å². The van der Waals surface area contributed by atoms with Crippen LogP contribution in [0.2, 0.25) is 5.02 Å². The molecule has 1 unspecified atom stereocenters. The van der Waals surface area contributed by atoms with Gasteiger partial charge in [-0.15, -0.1) is 0 Å². The molecule has 14 heavy (non-hydrogen) atoms. The fourth-order valence-electron chi connectivity index (χ4n) is 1.39. The fraction of sp³-hybridized carbons (Fsp3) is 0.556. The van der Waals surface area contributed by atoms with Crippen molar-refractivity contribution >= 4 is 17.3 Å². The number of nitrogens with one attached hydrogen (secondary N) is 2. The molecule has 1 fully saturated rings. The van der Waals surface area contributed by atoms with Crippen molar-refractivity contribution in [2.24, 2.45) is 5.41 Å². The van der Waals surface area contributed by atoms with Crippen LogP contribution < -0.4 is 10.9 Å². The van der Waals surface area contributed by atoms with Crippen LogP contribution in [0.1, 0.15) is 20.3 Å². The molecule has 0 radical (unpaired) electrons. The molecule has 76 valence electrons. The molecule has 2 rings (SSSR count). The zero-order chi connectivity index (χ0) is 10.3. The van der Waals surface area contributed by atoms with E-state index in [-0.39, 0.29) is 10.6 Å². The largest absolute Gasteiger partial charge is 0.379 e. The summed E-state index contributed by atoms with van der Waals surface area (Å²) >= 11 is 5.81. The highest BCUT2D eigenvalue weighted by molar-refractivity contribution is 6.32. The summed E-state index contributed by atoms with van der Waals surface area (Å²) in [5, 5.41) is 9.35. The molecule has 1 aliphatic rings. The van der Waals surface area contributed by atoms with E-state index in [1.807, 2.05) is 0 Å². The monoisotopic (exact) mass is 213 g/mol. The summed E-state index contributed by atoms with van der Waals surface area (Å²) in [5.41, 5.74) is 0.562. The molecule has 1 heterocycles. The van der Waals surface area contributed by atoms with Gasteiger partial charge in [0.1, 0.15) is 5.02 Å². The summed E-state index contributed by atoms with van der Waals surface area (Å²) in [6, 6.07) is 0.392. The molecule has 1 aromatic heterocycles. The molecule has 0 amide bonds. The summed E-state index contributed by atoms with van der Waals surface area (Å²) in [7, 11) is 0. The highest BCUT2D eigenvalue weighted by Crippen LogP contribution is 2.46. The van der Waals surface area contributed by atoms with Gasteiger partial charge < -0.3 is 5.32 Å². The number of nitrogens with zero attached hydrogens (tertiary/aromatic N) is 1. The number of rotatable bonds is 2. The van der Waals surface area contributed by atoms with Crippen LogP contribution in [0.5, 0.6) is 0 Å². The first-order valence-corrected chi connectivity index (χ1v) is 4.88. The molecule has 1 saturated carbocycles. The van der Waals surface area contributed by atoms with Crippen LogP contribution in [0, 0.1) is 5.41 Å². The molecule has 1 atom stereocenters. The highest BCUT2D eigenvalue weighted by atomic mass is 35.5. The normalized spacial score (nSPS) is 23.2. The molecular weight excluding hydrogens is 202 g/mol. The summed E-state index contributed by atoms with van der Waals surface area (Å²) < 4.78 is 0. The molecule has 0 aromatic carbocycles. The summed E-state index contributed by atoms with van der Waals surface area (Å²) in [6.45, 7) is 4.33. The van der Waals surface area contributed by atoms with Gasteiger partial charge in [0.25, 0.3) is 5.56 Å². The second kappa shape index (κ2) is 2.98. The minimum Gasteiger partial charge on any atom is -0.379 e. The third-order valence-corrected chi connectivity index (χ3v) is 3.01. The number of aromatic nitrogens is 2. The number of H-pyrrole nitrogens is 1. The molecule has 1 aromatic rings. The quantitative estimate of drug-likeness (QED) is 0.785. The molecule has 1 aliphatic carbocycles. The van der Waals surface area contributed by atoms with Gasteiger partial charge in [0, 0.05) is 6.04 Å². The van der Waals surface area contributed by atoms with E-state index in [4.69, 9.17) is 11.6 Å². The van der Waals surface area contributed by atoms with Gasteiger partial charge in [-0.2, -0.15) is 5.10 Å². The molecule has 4 nitrogen and oxygen atoms in total. The SMILES string of the molecule is CC1(C)CC1Nc1cn[nH]c(=O)c1Cl. The van der Waals surface area contributed by atoms with E-state index >= 15 is 0 Å². The van der Waals surface area contributed by atoms with Gasteiger partial charge >= 0.3 is 0 Å². The van der Waals surface area contributed by atoms with Crippen molar-refractivity contribution < 1.29 is 0 Å². The van der Waals surface area contributed by atoms with Crippen LogP contribution in [-0.2, 0) is 0 Å². The van der Waals surface area contributed by atoms with Crippen molar-refractivity contribution in [2.45, 2.75) is 26.3 Å². The van der Waals surface area contributed by atoms with Gasteiger partial charge in [-0.25, -0.2) is 5.10 Å². The highest BCUT2D eigenvalue weighted by Gasteiger charge is 2.45. The predicted octanol–water partition coefficient (Wildman–Crippen LogP) is 1.63. The van der Waals surface area contributed by atoms with Crippen molar-refractivity contribution in [1.29, 1.82) is 0 Å². The van der Waals surface area contributed by atoms with Gasteiger partial charge in [0.15, 0.2) is 0 Å². The van der Waals surface area contributed by atoms with E-state index in [0.29, 0.717) is 17.1 Å². The summed E-state index contributed by atoms with van der Waals surface area (Å²) in [6.07, 6.45) is 2.63. The van der Waals surface area contributed by atoms with Crippen LogP contribution in [0.3, 0.4) is 0 Å². The number of halogens is 1. The second-order valence-electron chi connectivity index (χ2n) is 4.32. The van der Waals surface area contributed by atoms with Crippen molar-refractivity contribution in [3.05, 3.63) is 21.6 Å². The second-order valence-corrected chi connectivity index (χ2v) is 4.69. The lowest BCUT2D eigenvalue weighted by atomic mass is 10.2. The van der Waals surface area contributed by atoms with E-state index in [0.717, 1.165) is 6.42 Å². The van der Waals surface area contributed by atoms with E-state index in [2.05, 4.69) is 29.4 Å². The zero-order valence-electron chi connectivity index (χ0n) is 8.10. The van der Waals surface area contributed by atoms with Crippen molar-refractivity contribution in [2.75, 3.05) is 5.32 Å². The molecule has 0 saturated heterocycles. The van der Waals surface area contributed by atoms with Crippen molar-refractivity contribution in [3.63, 3.8) is 0 Å². The van der Waals surface area contributed by atoms with Gasteiger partial charge in [-0.1, -0.05) is 25.4 Å². The lowest BCUT2D eigenvalue weighted by molar-refractivity contribution is 0.630. The van der Waals surface area contributed by atoms with Gasteiger partial charge in [-0.05, 0) is 11.8 Å². The Balaban J connectivity index is 2.19. The smallest absolute Gasteiger partial charge is 0.285 e. The number of aromatic amines is 1. The first-order valence-electron chi connectivity index (χ1n) is 4.50. The Labute approximate surface area is 86.7 Å². The third kappa shape index (κ3) is 1.62. The average Bonchev–Trinajstić information content (AvgIpc) is 2.68. The Kier molecular flexibility index (Phi) is 2.03. The molecule has 0 bridgehead atoms. The average molecular weight is 214 g/mol. The first kappa shape index (κ1) is 9.52. The van der Waals surface area contributed by atoms with Crippen LogP contribution >= 0.6 is 11.6 Å². The number of hydrogen-bond donors (Lipinski definition) is 2. The summed E-state index contributed by atoms with van der Waals surface area (Å²) in [5.74, 6) is 0. The van der Waals surface area contributed by atoms with Crippen LogP contribution in [-0.4, -0.2) is 16.2 Å². The Morgan fingerprint density at radius 2 is 2.36 bits per heavy atom. The Morgan fingerprint density at radius 1 is 1.71 bits per heavy atom. The number of anilines is 1. The zero-order valence-corrected chi connectivity index (χ0v) is 8.85. The fourth-order valence-corrected chi connectivity index (χ4v) is 1.53. The Morgan fingerprint density at radius 3 is 2.93 bits per heavy atom. The minimum atomic E-state index is -0.352. The molecule has 5 heteroatoms. The Hall–Kier alpha value is -1.03. The van der Waals surface area contributed by atoms with Gasteiger partial charge in [-0.3, -0.25) is 4.79 Å². The predicted molar refractivity (Wildman–Crippen MR) is 55.7 cm³/mol.